The zero-order chi connectivity index (χ0) is 14.7. The quantitative estimate of drug-likeness (QED) is 0.871. The largest absolute Gasteiger partial charge is 0.342 e. The van der Waals surface area contributed by atoms with Crippen molar-refractivity contribution in [3.63, 3.8) is 0 Å². The first-order valence-corrected chi connectivity index (χ1v) is 8.25. The molecule has 1 saturated heterocycles. The lowest BCUT2D eigenvalue weighted by Crippen LogP contribution is -2.39. The van der Waals surface area contributed by atoms with Gasteiger partial charge in [-0.1, -0.05) is 5.16 Å². The molecule has 0 unspecified atom stereocenters. The minimum Gasteiger partial charge on any atom is -0.342 e. The van der Waals surface area contributed by atoms with Crippen LogP contribution in [-0.2, 0) is 11.2 Å². The smallest absolute Gasteiger partial charge is 0.231 e. The molecule has 1 amide bonds. The normalized spacial score (nSPS) is 18.9. The minimum atomic E-state index is 0.185. The van der Waals surface area contributed by atoms with Gasteiger partial charge in [-0.2, -0.15) is 16.3 Å². The van der Waals surface area contributed by atoms with Gasteiger partial charge in [0, 0.05) is 19.5 Å². The second-order valence-electron chi connectivity index (χ2n) is 5.49. The molecule has 5 nitrogen and oxygen atoms in total. The second-order valence-corrected chi connectivity index (χ2v) is 6.27. The van der Waals surface area contributed by atoms with E-state index in [9.17, 15) is 4.79 Å². The zero-order valence-corrected chi connectivity index (χ0v) is 12.9. The molecule has 2 aromatic heterocycles. The highest BCUT2D eigenvalue weighted by Gasteiger charge is 2.27. The number of hydrogen-bond donors (Lipinski definition) is 0. The lowest BCUT2D eigenvalue weighted by Gasteiger charge is -2.31. The number of aromatic nitrogens is 2. The van der Waals surface area contributed by atoms with Crippen LogP contribution in [0.1, 0.15) is 42.5 Å². The van der Waals surface area contributed by atoms with E-state index in [4.69, 9.17) is 4.52 Å². The summed E-state index contributed by atoms with van der Waals surface area (Å²) in [6.45, 7) is 3.36. The molecule has 6 heteroatoms. The van der Waals surface area contributed by atoms with Crippen LogP contribution >= 0.6 is 11.3 Å². The Bertz CT molecular complexity index is 594. The monoisotopic (exact) mass is 305 g/mol. The van der Waals surface area contributed by atoms with E-state index >= 15 is 0 Å². The Morgan fingerprint density at radius 3 is 3.19 bits per heavy atom. The van der Waals surface area contributed by atoms with Gasteiger partial charge in [-0.3, -0.25) is 4.79 Å². The fourth-order valence-corrected chi connectivity index (χ4v) is 3.43. The SMILES string of the molecule is Cc1noc([C@H]2CCCN(C(=O)CCc3ccsc3)C2)n1. The van der Waals surface area contributed by atoms with E-state index in [1.165, 1.54) is 5.56 Å². The summed E-state index contributed by atoms with van der Waals surface area (Å²) >= 11 is 1.67. The number of carbonyl (C=O) groups is 1. The molecule has 21 heavy (non-hydrogen) atoms. The van der Waals surface area contributed by atoms with Gasteiger partial charge in [0.05, 0.1) is 5.92 Å². The highest BCUT2D eigenvalue weighted by Crippen LogP contribution is 2.26. The van der Waals surface area contributed by atoms with E-state index in [0.29, 0.717) is 24.7 Å². The summed E-state index contributed by atoms with van der Waals surface area (Å²) in [5, 5.41) is 8.00. The Morgan fingerprint density at radius 1 is 1.57 bits per heavy atom. The van der Waals surface area contributed by atoms with Gasteiger partial charge < -0.3 is 9.42 Å². The molecule has 0 aromatic carbocycles. The number of likely N-dealkylation sites (tertiary alicyclic amines) is 1. The maximum absolute atomic E-state index is 12.3. The van der Waals surface area contributed by atoms with Gasteiger partial charge in [-0.15, -0.1) is 0 Å². The number of rotatable bonds is 4. The molecule has 1 fully saturated rings. The number of amides is 1. The van der Waals surface area contributed by atoms with Crippen LogP contribution < -0.4 is 0 Å². The molecule has 0 aliphatic carbocycles. The second kappa shape index (κ2) is 6.39. The van der Waals surface area contributed by atoms with Crippen LogP contribution in [0.25, 0.3) is 0 Å². The Labute approximate surface area is 128 Å². The van der Waals surface area contributed by atoms with Crippen LogP contribution in [0.3, 0.4) is 0 Å². The Balaban J connectivity index is 1.56. The predicted octanol–water partition coefficient (Wildman–Crippen LogP) is 2.78. The Morgan fingerprint density at radius 2 is 2.48 bits per heavy atom. The van der Waals surface area contributed by atoms with Crippen LogP contribution in [0.4, 0.5) is 0 Å². The molecular weight excluding hydrogens is 286 g/mol. The predicted molar refractivity (Wildman–Crippen MR) is 80.2 cm³/mol. The molecule has 112 valence electrons. The van der Waals surface area contributed by atoms with E-state index < -0.39 is 0 Å². The zero-order valence-electron chi connectivity index (χ0n) is 12.1. The summed E-state index contributed by atoms with van der Waals surface area (Å²) < 4.78 is 5.25. The third-order valence-corrected chi connectivity index (χ3v) is 4.61. The van der Waals surface area contributed by atoms with Gasteiger partial charge in [-0.25, -0.2) is 0 Å². The molecule has 1 aliphatic heterocycles. The van der Waals surface area contributed by atoms with Crippen LogP contribution in [0.2, 0.25) is 0 Å². The maximum atomic E-state index is 12.3. The van der Waals surface area contributed by atoms with Gasteiger partial charge >= 0.3 is 0 Å². The molecular formula is C15H19N3O2S. The molecule has 0 radical (unpaired) electrons. The summed E-state index contributed by atoms with van der Waals surface area (Å²) in [4.78, 5) is 18.6. The average Bonchev–Trinajstić information content (AvgIpc) is 3.16. The molecule has 1 atom stereocenters. The van der Waals surface area contributed by atoms with Crippen molar-refractivity contribution in [2.45, 2.75) is 38.5 Å². The van der Waals surface area contributed by atoms with Crippen molar-refractivity contribution in [3.05, 3.63) is 34.1 Å². The number of carbonyl (C=O) groups excluding carboxylic acids is 1. The molecule has 1 aliphatic rings. The van der Waals surface area contributed by atoms with Crippen LogP contribution in [0.5, 0.6) is 0 Å². The van der Waals surface area contributed by atoms with Crippen molar-refractivity contribution >= 4 is 17.2 Å². The number of nitrogens with zero attached hydrogens (tertiary/aromatic N) is 3. The van der Waals surface area contributed by atoms with E-state index in [2.05, 4.69) is 27.0 Å². The highest BCUT2D eigenvalue weighted by molar-refractivity contribution is 7.07. The van der Waals surface area contributed by atoms with Crippen molar-refractivity contribution in [2.24, 2.45) is 0 Å². The lowest BCUT2D eigenvalue weighted by atomic mass is 9.97. The first-order valence-electron chi connectivity index (χ1n) is 7.31. The summed E-state index contributed by atoms with van der Waals surface area (Å²) in [6, 6.07) is 2.08. The average molecular weight is 305 g/mol. The Hall–Kier alpha value is -1.69. The standard InChI is InChI=1S/C15H19N3O2S/c1-11-16-15(20-17-11)13-3-2-7-18(9-13)14(19)5-4-12-6-8-21-10-12/h6,8,10,13H,2-5,7,9H2,1H3/t13-/m0/s1. The van der Waals surface area contributed by atoms with E-state index in [1.54, 1.807) is 11.3 Å². The maximum Gasteiger partial charge on any atom is 0.231 e. The van der Waals surface area contributed by atoms with Crippen molar-refractivity contribution in [3.8, 4) is 0 Å². The topological polar surface area (TPSA) is 59.2 Å². The van der Waals surface area contributed by atoms with Crippen molar-refractivity contribution in [1.29, 1.82) is 0 Å². The van der Waals surface area contributed by atoms with Crippen LogP contribution in [0, 0.1) is 6.92 Å². The van der Waals surface area contributed by atoms with Crippen molar-refractivity contribution in [2.75, 3.05) is 13.1 Å². The number of hydrogen-bond acceptors (Lipinski definition) is 5. The fourth-order valence-electron chi connectivity index (χ4n) is 2.73. The fraction of sp³-hybridized carbons (Fsp3) is 0.533. The first kappa shape index (κ1) is 14.3. The summed E-state index contributed by atoms with van der Waals surface area (Å²) in [7, 11) is 0. The van der Waals surface area contributed by atoms with Gasteiger partial charge in [0.25, 0.3) is 0 Å². The Kier molecular flexibility index (Phi) is 4.34. The van der Waals surface area contributed by atoms with Gasteiger partial charge in [0.1, 0.15) is 0 Å². The minimum absolute atomic E-state index is 0.185. The molecule has 3 rings (SSSR count). The lowest BCUT2D eigenvalue weighted by molar-refractivity contribution is -0.132. The highest BCUT2D eigenvalue weighted by atomic mass is 32.1. The molecule has 0 saturated carbocycles. The van der Waals surface area contributed by atoms with E-state index in [1.807, 2.05) is 11.8 Å². The third kappa shape index (κ3) is 3.50. The van der Waals surface area contributed by atoms with Crippen LogP contribution in [0.15, 0.2) is 21.3 Å². The van der Waals surface area contributed by atoms with E-state index in [0.717, 1.165) is 25.8 Å². The molecule has 2 aromatic rings. The van der Waals surface area contributed by atoms with Gasteiger partial charge in [-0.05, 0) is 48.6 Å². The van der Waals surface area contributed by atoms with Crippen molar-refractivity contribution in [1.82, 2.24) is 15.0 Å². The van der Waals surface area contributed by atoms with Crippen molar-refractivity contribution < 1.29 is 9.32 Å². The van der Waals surface area contributed by atoms with Gasteiger partial charge in [0.15, 0.2) is 5.82 Å². The molecule has 3 heterocycles. The number of piperidine rings is 1. The molecule has 0 bridgehead atoms. The van der Waals surface area contributed by atoms with Gasteiger partial charge in [0.2, 0.25) is 11.8 Å². The molecule has 0 N–H and O–H groups in total. The molecule has 0 spiro atoms. The third-order valence-electron chi connectivity index (χ3n) is 3.87. The first-order chi connectivity index (χ1) is 10.2. The number of aryl methyl sites for hydroxylation is 2. The van der Waals surface area contributed by atoms with E-state index in [-0.39, 0.29) is 11.8 Å². The summed E-state index contributed by atoms with van der Waals surface area (Å²) in [5.41, 5.74) is 1.24. The summed E-state index contributed by atoms with van der Waals surface area (Å²) in [6.07, 6.45) is 3.40. The number of thiophene rings is 1. The summed E-state index contributed by atoms with van der Waals surface area (Å²) in [5.74, 6) is 1.74. The van der Waals surface area contributed by atoms with Crippen LogP contribution in [-0.4, -0.2) is 34.0 Å².